The van der Waals surface area contributed by atoms with Crippen LogP contribution < -0.4 is 5.32 Å². The van der Waals surface area contributed by atoms with E-state index in [9.17, 15) is 23.1 Å². The first kappa shape index (κ1) is 40.7. The Hall–Kier alpha value is -1.45. The minimum atomic E-state index is -2.84. The molecule has 1 amide bonds. The number of nitrogens with zero attached hydrogens (tertiary/aromatic N) is 2. The quantitative estimate of drug-likeness (QED) is 0.162. The summed E-state index contributed by atoms with van der Waals surface area (Å²) in [5, 5.41) is 13.7. The van der Waals surface area contributed by atoms with Crippen LogP contribution in [0.2, 0.25) is 0 Å². The second-order valence-corrected chi connectivity index (χ2v) is 23.8. The molecule has 0 aromatic carbocycles. The van der Waals surface area contributed by atoms with Gasteiger partial charge in [-0.2, -0.15) is 0 Å². The molecule has 2 N–H and O–H groups in total. The maximum atomic E-state index is 14.2. The van der Waals surface area contributed by atoms with E-state index in [0.717, 1.165) is 71.1 Å². The molecule has 5 saturated carbocycles. The molecule has 2 heterocycles. The van der Waals surface area contributed by atoms with Crippen LogP contribution in [0.25, 0.3) is 0 Å². The fourth-order valence-electron chi connectivity index (χ4n) is 15.8. The van der Waals surface area contributed by atoms with Crippen molar-refractivity contribution >= 4 is 21.7 Å². The number of hydrogen-bond donors (Lipinski definition) is 2. The largest absolute Gasteiger partial charge is 0.481 e. The van der Waals surface area contributed by atoms with Crippen LogP contribution in [0, 0.1) is 56.7 Å². The first-order valence-corrected chi connectivity index (χ1v) is 23.9. The Morgan fingerprint density at radius 3 is 2.19 bits per heavy atom. The topological polar surface area (TPSA) is 107 Å². The number of fused-ring (bicyclic) bond motifs is 7. The van der Waals surface area contributed by atoms with Crippen LogP contribution in [-0.4, -0.2) is 91.5 Å². The highest BCUT2D eigenvalue weighted by atomic mass is 32.2. The highest BCUT2D eigenvalue weighted by Gasteiger charge is 2.71. The maximum Gasteiger partial charge on any atom is 0.303 e. The molecule has 9 heteroatoms. The van der Waals surface area contributed by atoms with Crippen molar-refractivity contribution in [3.63, 3.8) is 0 Å². The predicted molar refractivity (Wildman–Crippen MR) is 217 cm³/mol. The lowest BCUT2D eigenvalue weighted by Gasteiger charge is -2.73. The van der Waals surface area contributed by atoms with Crippen LogP contribution in [0.15, 0.2) is 12.2 Å². The molecule has 7 fully saturated rings. The van der Waals surface area contributed by atoms with E-state index < -0.39 is 15.8 Å². The van der Waals surface area contributed by atoms with Crippen molar-refractivity contribution in [2.75, 3.05) is 50.8 Å². The minimum absolute atomic E-state index is 0.119. The summed E-state index contributed by atoms with van der Waals surface area (Å²) >= 11 is 0. The van der Waals surface area contributed by atoms with Gasteiger partial charge in [-0.15, -0.1) is 0 Å². The molecule has 0 aromatic heterocycles. The third kappa shape index (κ3) is 6.75. The number of carboxylic acid groups (broad SMARTS) is 1. The number of carbonyl (C=O) groups excluding carboxylic acids is 1. The van der Waals surface area contributed by atoms with Gasteiger partial charge < -0.3 is 20.2 Å². The van der Waals surface area contributed by atoms with Crippen molar-refractivity contribution in [1.29, 1.82) is 0 Å². The minimum Gasteiger partial charge on any atom is -0.481 e. The van der Waals surface area contributed by atoms with E-state index >= 15 is 0 Å². The van der Waals surface area contributed by atoms with E-state index in [-0.39, 0.29) is 39.5 Å². The number of piperidine rings is 1. The number of amides is 1. The molecular weight excluding hydrogens is 695 g/mol. The fraction of sp³-hybridized carbons (Fsp3) is 0.911. The van der Waals surface area contributed by atoms with E-state index in [0.29, 0.717) is 66.0 Å². The number of hydrogen-bond acceptors (Lipinski definition) is 6. The van der Waals surface area contributed by atoms with Gasteiger partial charge in [0.25, 0.3) is 0 Å². The van der Waals surface area contributed by atoms with Gasteiger partial charge in [-0.1, -0.05) is 45.8 Å². The van der Waals surface area contributed by atoms with E-state index in [4.69, 9.17) is 0 Å². The summed E-state index contributed by atoms with van der Waals surface area (Å²) in [7, 11) is -2.84. The van der Waals surface area contributed by atoms with Gasteiger partial charge in [-0.3, -0.25) is 9.59 Å². The van der Waals surface area contributed by atoms with Gasteiger partial charge in [-0.05, 0) is 168 Å². The Morgan fingerprint density at radius 2 is 1.52 bits per heavy atom. The number of rotatable bonds is 11. The lowest BCUT2D eigenvalue weighted by molar-refractivity contribution is -0.241. The molecule has 0 unspecified atom stereocenters. The molecule has 7 aliphatic rings. The molecular formula is C45H75N3O5S. The Balaban J connectivity index is 1.06. The summed E-state index contributed by atoms with van der Waals surface area (Å²) in [6, 6.07) is 0. The van der Waals surface area contributed by atoms with E-state index in [1.165, 1.54) is 50.5 Å². The Labute approximate surface area is 328 Å². The van der Waals surface area contributed by atoms with Gasteiger partial charge >= 0.3 is 5.97 Å². The highest BCUT2D eigenvalue weighted by Crippen LogP contribution is 2.77. The standard InChI is InChI=1S/C45H75N3O5S/c1-32(2)33-13-18-45(31-46-22-10-23-47-25-27-54(52,53)28-26-47)20-19-42(6)34(39(33)45)11-12-36-41(5)21-24-48(40(3,4)35(41)14-17-43(36,42)7)37(49)29-44(30-38(50)51)15-8-9-16-44/h33-36,39,46H,1,8-31H2,2-7H3,(H,50,51)/t33-,34+,35-,36+,39+,41-,42+,43+,45+/m0/s1. The monoisotopic (exact) mass is 770 g/mol. The lowest BCUT2D eigenvalue weighted by atomic mass is 9.33. The first-order chi connectivity index (χ1) is 25.3. The number of sulfone groups is 1. The van der Waals surface area contributed by atoms with Gasteiger partial charge in [0, 0.05) is 38.1 Å². The van der Waals surface area contributed by atoms with Crippen molar-refractivity contribution in [1.82, 2.24) is 15.1 Å². The number of aliphatic carboxylic acids is 1. The van der Waals surface area contributed by atoms with Crippen LogP contribution in [-0.2, 0) is 19.4 Å². The van der Waals surface area contributed by atoms with Crippen molar-refractivity contribution in [2.45, 2.75) is 150 Å². The van der Waals surface area contributed by atoms with Crippen molar-refractivity contribution in [2.24, 2.45) is 56.7 Å². The SMILES string of the molecule is C=C(C)[C@@H]1CC[C@]2(CNCCCN3CCS(=O)(=O)CC3)CC[C@]3(C)[C@H](CC[C@@H]4[C@@]5(C)CCN(C(=O)CC6(CC(=O)O)CCCC6)C(C)(C)[C@@H]5CC[C@]43C)[C@@H]12. The van der Waals surface area contributed by atoms with Crippen LogP contribution in [0.5, 0.6) is 0 Å². The fourth-order valence-corrected chi connectivity index (χ4v) is 17.0. The zero-order valence-corrected chi connectivity index (χ0v) is 35.8. The van der Waals surface area contributed by atoms with Gasteiger partial charge in [0.1, 0.15) is 0 Å². The number of likely N-dealkylation sites (tertiary alicyclic amines) is 1. The van der Waals surface area contributed by atoms with Crippen LogP contribution in [0.4, 0.5) is 0 Å². The maximum absolute atomic E-state index is 14.2. The van der Waals surface area contributed by atoms with E-state index in [2.05, 4.69) is 63.2 Å². The van der Waals surface area contributed by atoms with Crippen LogP contribution in [0.3, 0.4) is 0 Å². The molecule has 2 saturated heterocycles. The number of nitrogens with one attached hydrogen (secondary N) is 1. The summed E-state index contributed by atoms with van der Waals surface area (Å²) < 4.78 is 23.8. The summed E-state index contributed by atoms with van der Waals surface area (Å²) in [5.41, 5.74) is 1.79. The van der Waals surface area contributed by atoms with Gasteiger partial charge in [-0.25, -0.2) is 8.42 Å². The average Bonchev–Trinajstić information content (AvgIpc) is 3.70. The normalized spacial score (nSPS) is 42.3. The predicted octanol–water partition coefficient (Wildman–Crippen LogP) is 7.97. The lowest BCUT2D eigenvalue weighted by Crippen LogP contribution is -2.70. The first-order valence-electron chi connectivity index (χ1n) is 22.1. The van der Waals surface area contributed by atoms with Gasteiger partial charge in [0.15, 0.2) is 9.84 Å². The molecule has 306 valence electrons. The Morgan fingerprint density at radius 1 is 0.815 bits per heavy atom. The third-order valence-corrected chi connectivity index (χ3v) is 20.3. The molecule has 9 atom stereocenters. The van der Waals surface area contributed by atoms with E-state index in [1.807, 2.05) is 0 Å². The summed E-state index contributed by atoms with van der Waals surface area (Å²) in [4.78, 5) is 30.7. The van der Waals surface area contributed by atoms with Gasteiger partial charge in [0.05, 0.1) is 17.9 Å². The number of allylic oxidation sites excluding steroid dienone is 1. The molecule has 0 aromatic rings. The molecule has 2 aliphatic heterocycles. The molecule has 7 rings (SSSR count). The molecule has 54 heavy (non-hydrogen) atoms. The van der Waals surface area contributed by atoms with E-state index in [1.54, 1.807) is 0 Å². The molecule has 8 nitrogen and oxygen atoms in total. The second kappa shape index (κ2) is 14.4. The van der Waals surface area contributed by atoms with Crippen molar-refractivity contribution in [3.8, 4) is 0 Å². The molecule has 0 spiro atoms. The van der Waals surface area contributed by atoms with Gasteiger partial charge in [0.2, 0.25) is 5.91 Å². The summed E-state index contributed by atoms with van der Waals surface area (Å²) in [6.45, 7) is 24.8. The van der Waals surface area contributed by atoms with Crippen molar-refractivity contribution < 1.29 is 23.1 Å². The number of carboxylic acids is 1. The molecule has 0 radical (unpaired) electrons. The summed E-state index contributed by atoms with van der Waals surface area (Å²) in [5.74, 6) is 3.07. The van der Waals surface area contributed by atoms with Crippen LogP contribution >= 0.6 is 0 Å². The van der Waals surface area contributed by atoms with Crippen molar-refractivity contribution in [3.05, 3.63) is 12.2 Å². The van der Waals surface area contributed by atoms with Crippen LogP contribution in [0.1, 0.15) is 144 Å². The molecule has 5 aliphatic carbocycles. The summed E-state index contributed by atoms with van der Waals surface area (Å²) in [6.07, 6.45) is 16.5. The molecule has 0 bridgehead atoms. The highest BCUT2D eigenvalue weighted by molar-refractivity contribution is 7.91. The zero-order valence-electron chi connectivity index (χ0n) is 34.9. The Bertz CT molecular complexity index is 1560. The zero-order chi connectivity index (χ0) is 39.0. The smallest absolute Gasteiger partial charge is 0.303 e. The second-order valence-electron chi connectivity index (χ2n) is 21.5. The third-order valence-electron chi connectivity index (χ3n) is 18.7. The number of carbonyl (C=O) groups is 2. The average molecular weight is 770 g/mol. The Kier molecular flexibility index (Phi) is 10.9.